The van der Waals surface area contributed by atoms with Crippen LogP contribution >= 0.6 is 15.9 Å². The van der Waals surface area contributed by atoms with Gasteiger partial charge in [0, 0.05) is 28.8 Å². The summed E-state index contributed by atoms with van der Waals surface area (Å²) in [6.07, 6.45) is 5.06. The van der Waals surface area contributed by atoms with Crippen molar-refractivity contribution in [2.75, 3.05) is 18.0 Å². The number of benzene rings is 1. The lowest BCUT2D eigenvalue weighted by Gasteiger charge is -2.25. The molecule has 0 amide bonds. The molecule has 0 bridgehead atoms. The van der Waals surface area contributed by atoms with Gasteiger partial charge in [-0.15, -0.1) is 0 Å². The fourth-order valence-corrected chi connectivity index (χ4v) is 2.65. The van der Waals surface area contributed by atoms with Gasteiger partial charge < -0.3 is 10.6 Å². The predicted molar refractivity (Wildman–Crippen MR) is 75.8 cm³/mol. The van der Waals surface area contributed by atoms with Crippen LogP contribution in [0.1, 0.15) is 31.2 Å². The van der Waals surface area contributed by atoms with E-state index in [-0.39, 0.29) is 5.84 Å². The van der Waals surface area contributed by atoms with Crippen molar-refractivity contribution in [3.63, 3.8) is 0 Å². The Balaban J connectivity index is 2.34. The zero-order valence-electron chi connectivity index (χ0n) is 9.88. The molecule has 0 spiro atoms. The minimum atomic E-state index is 0.150. The maximum Gasteiger partial charge on any atom is 0.124 e. The zero-order valence-corrected chi connectivity index (χ0v) is 11.5. The van der Waals surface area contributed by atoms with Gasteiger partial charge >= 0.3 is 0 Å². The Morgan fingerprint density at radius 1 is 1.18 bits per heavy atom. The van der Waals surface area contributed by atoms with Crippen molar-refractivity contribution in [1.29, 1.82) is 5.41 Å². The number of rotatable bonds is 2. The summed E-state index contributed by atoms with van der Waals surface area (Å²) in [5.41, 5.74) is 7.59. The summed E-state index contributed by atoms with van der Waals surface area (Å²) in [4.78, 5) is 2.36. The van der Waals surface area contributed by atoms with E-state index in [0.29, 0.717) is 0 Å². The fourth-order valence-electron chi connectivity index (χ4n) is 2.31. The van der Waals surface area contributed by atoms with Crippen molar-refractivity contribution >= 4 is 27.5 Å². The molecule has 1 aromatic carbocycles. The van der Waals surface area contributed by atoms with E-state index in [1.54, 1.807) is 0 Å². The second-order valence-corrected chi connectivity index (χ2v) is 5.39. The van der Waals surface area contributed by atoms with E-state index in [0.717, 1.165) is 28.8 Å². The first kappa shape index (κ1) is 12.4. The molecule has 0 atom stereocenters. The number of nitrogens with zero attached hydrogens (tertiary/aromatic N) is 1. The monoisotopic (exact) mass is 295 g/mol. The zero-order chi connectivity index (χ0) is 12.3. The Kier molecular flexibility index (Phi) is 4.05. The molecule has 0 unspecified atom stereocenters. The molecule has 3 N–H and O–H groups in total. The first-order chi connectivity index (χ1) is 8.18. The maximum absolute atomic E-state index is 7.66. The van der Waals surface area contributed by atoms with Gasteiger partial charge in [0.05, 0.1) is 0 Å². The van der Waals surface area contributed by atoms with E-state index < -0.39 is 0 Å². The molecule has 17 heavy (non-hydrogen) atoms. The van der Waals surface area contributed by atoms with Gasteiger partial charge in [0.2, 0.25) is 0 Å². The topological polar surface area (TPSA) is 53.1 Å². The number of hydrogen-bond acceptors (Lipinski definition) is 2. The third-order valence-electron chi connectivity index (χ3n) is 3.20. The van der Waals surface area contributed by atoms with Gasteiger partial charge in [0.15, 0.2) is 0 Å². The Bertz CT molecular complexity index is 409. The smallest absolute Gasteiger partial charge is 0.124 e. The molecule has 3 nitrogen and oxygen atoms in total. The van der Waals surface area contributed by atoms with E-state index in [1.165, 1.54) is 25.7 Å². The quantitative estimate of drug-likeness (QED) is 0.651. The molecule has 1 heterocycles. The minimum Gasteiger partial charge on any atom is -0.384 e. The molecular weight excluding hydrogens is 278 g/mol. The van der Waals surface area contributed by atoms with E-state index in [9.17, 15) is 0 Å². The SMILES string of the molecule is N=C(N)c1ccc(Br)cc1N1CCCCCC1. The van der Waals surface area contributed by atoms with Crippen molar-refractivity contribution in [3.8, 4) is 0 Å². The summed E-state index contributed by atoms with van der Waals surface area (Å²) in [5, 5.41) is 7.66. The number of hydrogen-bond donors (Lipinski definition) is 2. The second kappa shape index (κ2) is 5.54. The molecular formula is C13H18BrN3. The fraction of sp³-hybridized carbons (Fsp3) is 0.462. The van der Waals surface area contributed by atoms with Crippen molar-refractivity contribution in [1.82, 2.24) is 0 Å². The average molecular weight is 296 g/mol. The van der Waals surface area contributed by atoms with Crippen molar-refractivity contribution in [2.45, 2.75) is 25.7 Å². The highest BCUT2D eigenvalue weighted by Crippen LogP contribution is 2.27. The maximum atomic E-state index is 7.66. The van der Waals surface area contributed by atoms with Gasteiger partial charge in [-0.2, -0.15) is 0 Å². The van der Waals surface area contributed by atoms with Crippen LogP contribution in [0.5, 0.6) is 0 Å². The first-order valence-electron chi connectivity index (χ1n) is 6.07. The van der Waals surface area contributed by atoms with Crippen LogP contribution in [0.15, 0.2) is 22.7 Å². The van der Waals surface area contributed by atoms with Gasteiger partial charge in [-0.25, -0.2) is 0 Å². The first-order valence-corrected chi connectivity index (χ1v) is 6.86. The van der Waals surface area contributed by atoms with E-state index in [1.807, 2.05) is 12.1 Å². The predicted octanol–water partition coefficient (Wildman–Crippen LogP) is 3.11. The molecule has 1 aliphatic heterocycles. The average Bonchev–Trinajstić information content (AvgIpc) is 2.56. The number of nitrogens with one attached hydrogen (secondary N) is 1. The number of nitrogens with two attached hydrogens (primary N) is 1. The third-order valence-corrected chi connectivity index (χ3v) is 3.69. The van der Waals surface area contributed by atoms with Crippen LogP contribution < -0.4 is 10.6 Å². The summed E-state index contributed by atoms with van der Waals surface area (Å²) >= 11 is 3.49. The lowest BCUT2D eigenvalue weighted by Crippen LogP contribution is -2.27. The number of anilines is 1. The molecule has 1 saturated heterocycles. The van der Waals surface area contributed by atoms with Crippen molar-refractivity contribution in [2.24, 2.45) is 5.73 Å². The molecule has 2 rings (SSSR count). The second-order valence-electron chi connectivity index (χ2n) is 4.48. The van der Waals surface area contributed by atoms with Crippen LogP contribution in [0.25, 0.3) is 0 Å². The van der Waals surface area contributed by atoms with Crippen LogP contribution in [0.4, 0.5) is 5.69 Å². The summed E-state index contributed by atoms with van der Waals surface area (Å²) in [6.45, 7) is 2.13. The number of halogens is 1. The molecule has 4 heteroatoms. The van der Waals surface area contributed by atoms with Gasteiger partial charge in [-0.3, -0.25) is 5.41 Å². The minimum absolute atomic E-state index is 0.150. The summed E-state index contributed by atoms with van der Waals surface area (Å²) in [5.74, 6) is 0.150. The van der Waals surface area contributed by atoms with E-state index in [2.05, 4.69) is 26.9 Å². The highest BCUT2D eigenvalue weighted by Gasteiger charge is 2.15. The Morgan fingerprint density at radius 3 is 2.41 bits per heavy atom. The third kappa shape index (κ3) is 3.00. The molecule has 0 aliphatic carbocycles. The van der Waals surface area contributed by atoms with Crippen LogP contribution in [0.3, 0.4) is 0 Å². The Hall–Kier alpha value is -1.03. The normalized spacial score (nSPS) is 16.6. The van der Waals surface area contributed by atoms with Crippen LogP contribution in [-0.4, -0.2) is 18.9 Å². The highest BCUT2D eigenvalue weighted by atomic mass is 79.9. The summed E-state index contributed by atoms with van der Waals surface area (Å²) in [7, 11) is 0. The molecule has 0 aromatic heterocycles. The van der Waals surface area contributed by atoms with Gasteiger partial charge in [-0.05, 0) is 31.0 Å². The number of amidine groups is 1. The van der Waals surface area contributed by atoms with E-state index >= 15 is 0 Å². The van der Waals surface area contributed by atoms with Crippen LogP contribution in [0.2, 0.25) is 0 Å². The molecule has 0 radical (unpaired) electrons. The van der Waals surface area contributed by atoms with Crippen LogP contribution in [0, 0.1) is 5.41 Å². The van der Waals surface area contributed by atoms with Crippen molar-refractivity contribution < 1.29 is 0 Å². The highest BCUT2D eigenvalue weighted by molar-refractivity contribution is 9.10. The Morgan fingerprint density at radius 2 is 1.82 bits per heavy atom. The van der Waals surface area contributed by atoms with Gasteiger partial charge in [-0.1, -0.05) is 28.8 Å². The summed E-state index contributed by atoms with van der Waals surface area (Å²) in [6, 6.07) is 5.94. The lowest BCUT2D eigenvalue weighted by molar-refractivity contribution is 0.726. The van der Waals surface area contributed by atoms with Gasteiger partial charge in [0.1, 0.15) is 5.84 Å². The van der Waals surface area contributed by atoms with Gasteiger partial charge in [0.25, 0.3) is 0 Å². The van der Waals surface area contributed by atoms with Crippen molar-refractivity contribution in [3.05, 3.63) is 28.2 Å². The molecule has 1 aliphatic rings. The molecule has 1 fully saturated rings. The standard InChI is InChI=1S/C13H18BrN3/c14-10-5-6-11(13(15)16)12(9-10)17-7-3-1-2-4-8-17/h5-6,9H,1-4,7-8H2,(H3,15,16). The number of nitrogen functional groups attached to an aromatic ring is 1. The molecule has 0 saturated carbocycles. The van der Waals surface area contributed by atoms with E-state index in [4.69, 9.17) is 11.1 Å². The van der Waals surface area contributed by atoms with Crippen LogP contribution in [-0.2, 0) is 0 Å². The summed E-state index contributed by atoms with van der Waals surface area (Å²) < 4.78 is 1.04. The lowest BCUT2D eigenvalue weighted by atomic mass is 10.1. The Labute approximate surface area is 111 Å². The molecule has 92 valence electrons. The molecule has 1 aromatic rings. The largest absolute Gasteiger partial charge is 0.384 e.